The number of benzene rings is 1. The summed E-state index contributed by atoms with van der Waals surface area (Å²) in [4.78, 5) is 12.4. The van der Waals surface area contributed by atoms with Gasteiger partial charge < -0.3 is 5.32 Å². The quantitative estimate of drug-likeness (QED) is 0.906. The van der Waals surface area contributed by atoms with E-state index in [1.807, 2.05) is 0 Å². The molecule has 0 atom stereocenters. The van der Waals surface area contributed by atoms with E-state index in [0.29, 0.717) is 11.4 Å². The average Bonchev–Trinajstić information content (AvgIpc) is 2.53. The maximum absolute atomic E-state index is 12.1. The molecule has 122 valence electrons. The van der Waals surface area contributed by atoms with Gasteiger partial charge in [-0.05, 0) is 44.4 Å². The van der Waals surface area contributed by atoms with Crippen LogP contribution in [0.15, 0.2) is 29.2 Å². The maximum Gasteiger partial charge on any atom is 0.223 e. The topological polar surface area (TPSA) is 63.2 Å². The third-order valence-electron chi connectivity index (χ3n) is 4.32. The van der Waals surface area contributed by atoms with Crippen LogP contribution < -0.4 is 5.32 Å². The summed E-state index contributed by atoms with van der Waals surface area (Å²) in [5, 5.41) is 2.53. The maximum atomic E-state index is 12.1. The number of carbonyl (C=O) groups is 1. The lowest BCUT2D eigenvalue weighted by Crippen LogP contribution is -2.31. The Hall–Kier alpha value is -1.36. The molecule has 4 nitrogen and oxygen atoms in total. The van der Waals surface area contributed by atoms with Gasteiger partial charge in [0.15, 0.2) is 9.84 Å². The zero-order chi connectivity index (χ0) is 16.2. The van der Waals surface area contributed by atoms with E-state index in [2.05, 4.69) is 5.32 Å². The first-order chi connectivity index (χ1) is 10.4. The molecule has 1 aliphatic rings. The number of hydrogen-bond donors (Lipinski definition) is 1. The molecule has 1 N–H and O–H groups in total. The first-order valence-electron chi connectivity index (χ1n) is 8.02. The summed E-state index contributed by atoms with van der Waals surface area (Å²) in [5.74, 6) is 0.271. The third-order valence-corrected chi connectivity index (χ3v) is 6.49. The number of sulfone groups is 1. The normalized spacial score (nSPS) is 16.7. The van der Waals surface area contributed by atoms with Gasteiger partial charge >= 0.3 is 0 Å². The van der Waals surface area contributed by atoms with Gasteiger partial charge in [0, 0.05) is 12.5 Å². The van der Waals surface area contributed by atoms with Crippen LogP contribution in [-0.4, -0.2) is 19.6 Å². The van der Waals surface area contributed by atoms with Gasteiger partial charge in [-0.15, -0.1) is 0 Å². The minimum Gasteiger partial charge on any atom is -0.352 e. The Morgan fingerprint density at radius 3 is 2.27 bits per heavy atom. The largest absolute Gasteiger partial charge is 0.352 e. The molecule has 0 bridgehead atoms. The molecule has 1 fully saturated rings. The van der Waals surface area contributed by atoms with Crippen molar-refractivity contribution >= 4 is 15.7 Å². The minimum absolute atomic E-state index is 0.124. The van der Waals surface area contributed by atoms with Crippen molar-refractivity contribution in [2.45, 2.75) is 62.6 Å². The SMILES string of the molecule is CC(C)S(=O)(=O)c1ccc(CNC(=O)C2CCCCC2)cc1. The molecule has 0 spiro atoms. The van der Waals surface area contributed by atoms with E-state index >= 15 is 0 Å². The number of nitrogens with one attached hydrogen (secondary N) is 1. The molecule has 1 aliphatic carbocycles. The van der Waals surface area contributed by atoms with Crippen molar-refractivity contribution in [3.63, 3.8) is 0 Å². The van der Waals surface area contributed by atoms with Crippen molar-refractivity contribution in [2.75, 3.05) is 0 Å². The molecule has 2 rings (SSSR count). The van der Waals surface area contributed by atoms with Crippen molar-refractivity contribution in [3.05, 3.63) is 29.8 Å². The lowest BCUT2D eigenvalue weighted by molar-refractivity contribution is -0.126. The molecule has 0 saturated heterocycles. The van der Waals surface area contributed by atoms with Gasteiger partial charge in [0.1, 0.15) is 0 Å². The smallest absolute Gasteiger partial charge is 0.223 e. The molecule has 1 amide bonds. The first-order valence-corrected chi connectivity index (χ1v) is 9.56. The van der Waals surface area contributed by atoms with Gasteiger partial charge in [-0.3, -0.25) is 4.79 Å². The van der Waals surface area contributed by atoms with Crippen LogP contribution in [0.2, 0.25) is 0 Å². The van der Waals surface area contributed by atoms with Gasteiger partial charge in [0.2, 0.25) is 5.91 Å². The molecular formula is C17H25NO3S. The fraction of sp³-hybridized carbons (Fsp3) is 0.588. The predicted molar refractivity (Wildman–Crippen MR) is 87.2 cm³/mol. The zero-order valence-electron chi connectivity index (χ0n) is 13.3. The van der Waals surface area contributed by atoms with E-state index in [1.54, 1.807) is 38.1 Å². The number of hydrogen-bond acceptors (Lipinski definition) is 3. The fourth-order valence-electron chi connectivity index (χ4n) is 2.77. The Morgan fingerprint density at radius 1 is 1.14 bits per heavy atom. The van der Waals surface area contributed by atoms with Crippen molar-refractivity contribution < 1.29 is 13.2 Å². The molecule has 0 aromatic heterocycles. The minimum atomic E-state index is -3.23. The molecule has 1 aromatic rings. The van der Waals surface area contributed by atoms with Crippen molar-refractivity contribution in [1.82, 2.24) is 5.32 Å². The van der Waals surface area contributed by atoms with E-state index in [0.717, 1.165) is 31.2 Å². The van der Waals surface area contributed by atoms with Crippen LogP contribution in [0.3, 0.4) is 0 Å². The summed E-state index contributed by atoms with van der Waals surface area (Å²) >= 11 is 0. The molecule has 1 saturated carbocycles. The molecule has 5 heteroatoms. The molecule has 0 heterocycles. The standard InChI is InChI=1S/C17H25NO3S/c1-13(2)22(20,21)16-10-8-14(9-11-16)12-18-17(19)15-6-4-3-5-7-15/h8-11,13,15H,3-7,12H2,1-2H3,(H,18,19). The zero-order valence-corrected chi connectivity index (χ0v) is 14.2. The Labute approximate surface area is 133 Å². The van der Waals surface area contributed by atoms with Crippen molar-refractivity contribution in [2.24, 2.45) is 5.92 Å². The summed E-state index contributed by atoms with van der Waals surface area (Å²) in [5.41, 5.74) is 0.923. The van der Waals surface area contributed by atoms with E-state index in [9.17, 15) is 13.2 Å². The van der Waals surface area contributed by atoms with Crippen LogP contribution in [0.4, 0.5) is 0 Å². The number of rotatable bonds is 5. The van der Waals surface area contributed by atoms with Gasteiger partial charge in [-0.1, -0.05) is 31.4 Å². The first kappa shape index (κ1) is 17.0. The fourth-order valence-corrected chi connectivity index (χ4v) is 3.83. The summed E-state index contributed by atoms with van der Waals surface area (Å²) in [6.07, 6.45) is 5.48. The van der Waals surface area contributed by atoms with E-state index in [4.69, 9.17) is 0 Å². The number of carbonyl (C=O) groups excluding carboxylic acids is 1. The van der Waals surface area contributed by atoms with E-state index < -0.39 is 15.1 Å². The van der Waals surface area contributed by atoms with Crippen LogP contribution in [0, 0.1) is 5.92 Å². The molecule has 0 aliphatic heterocycles. The highest BCUT2D eigenvalue weighted by Crippen LogP contribution is 2.23. The highest BCUT2D eigenvalue weighted by atomic mass is 32.2. The van der Waals surface area contributed by atoms with Gasteiger partial charge in [-0.2, -0.15) is 0 Å². The van der Waals surface area contributed by atoms with E-state index in [-0.39, 0.29) is 11.8 Å². The van der Waals surface area contributed by atoms with Crippen LogP contribution in [0.5, 0.6) is 0 Å². The van der Waals surface area contributed by atoms with Gasteiger partial charge in [0.25, 0.3) is 0 Å². The molecule has 22 heavy (non-hydrogen) atoms. The Morgan fingerprint density at radius 2 is 1.73 bits per heavy atom. The van der Waals surface area contributed by atoms with Crippen molar-refractivity contribution in [3.8, 4) is 0 Å². The molecule has 0 unspecified atom stereocenters. The summed E-state index contributed by atoms with van der Waals surface area (Å²) < 4.78 is 24.1. The van der Waals surface area contributed by atoms with Crippen molar-refractivity contribution in [1.29, 1.82) is 0 Å². The lowest BCUT2D eigenvalue weighted by atomic mass is 9.88. The Kier molecular flexibility index (Phi) is 5.62. The van der Waals surface area contributed by atoms with Crippen LogP contribution >= 0.6 is 0 Å². The number of amides is 1. The van der Waals surface area contributed by atoms with Crippen LogP contribution in [0.1, 0.15) is 51.5 Å². The Balaban J connectivity index is 1.93. The third kappa shape index (κ3) is 4.09. The summed E-state index contributed by atoms with van der Waals surface area (Å²) in [6.45, 7) is 3.80. The second-order valence-corrected chi connectivity index (χ2v) is 8.79. The molecule has 1 aromatic carbocycles. The summed E-state index contributed by atoms with van der Waals surface area (Å²) in [7, 11) is -3.23. The Bertz CT molecular complexity index is 599. The van der Waals surface area contributed by atoms with Gasteiger partial charge in [0.05, 0.1) is 10.1 Å². The second kappa shape index (κ2) is 7.27. The highest BCUT2D eigenvalue weighted by molar-refractivity contribution is 7.92. The monoisotopic (exact) mass is 323 g/mol. The molecule has 0 radical (unpaired) electrons. The van der Waals surface area contributed by atoms with Gasteiger partial charge in [-0.25, -0.2) is 8.42 Å². The second-order valence-electron chi connectivity index (χ2n) is 6.29. The molecular weight excluding hydrogens is 298 g/mol. The van der Waals surface area contributed by atoms with E-state index in [1.165, 1.54) is 6.42 Å². The lowest BCUT2D eigenvalue weighted by Gasteiger charge is -2.20. The average molecular weight is 323 g/mol. The highest BCUT2D eigenvalue weighted by Gasteiger charge is 2.21. The van der Waals surface area contributed by atoms with Crippen LogP contribution in [-0.2, 0) is 21.2 Å². The summed E-state index contributed by atoms with van der Waals surface area (Å²) in [6, 6.07) is 6.79. The predicted octanol–water partition coefficient (Wildman–Crippen LogP) is 3.07. The van der Waals surface area contributed by atoms with Crippen LogP contribution in [0.25, 0.3) is 0 Å².